The van der Waals surface area contributed by atoms with Crippen LogP contribution in [0.25, 0.3) is 10.6 Å². The fraction of sp³-hybridized carbons (Fsp3) is 0.565. The smallest absolute Gasteiger partial charge is 0.249 e. The number of benzene rings is 1. The maximum Gasteiger partial charge on any atom is 0.249 e. The van der Waals surface area contributed by atoms with Crippen molar-refractivity contribution in [3.8, 4) is 10.6 Å². The minimum atomic E-state index is -0.571. The lowest BCUT2D eigenvalue weighted by molar-refractivity contribution is -0.127. The topological polar surface area (TPSA) is 84.0 Å². The van der Waals surface area contributed by atoms with Gasteiger partial charge in [0.25, 0.3) is 0 Å². The third-order valence-corrected chi connectivity index (χ3v) is 6.91. The molecule has 2 N–H and O–H groups in total. The molecule has 0 unspecified atom stereocenters. The average Bonchev–Trinajstić information content (AvgIpc) is 3.42. The average molecular weight is 429 g/mol. The lowest BCUT2D eigenvalue weighted by Gasteiger charge is -2.23. The summed E-state index contributed by atoms with van der Waals surface area (Å²) >= 11 is 1.34. The Labute approximate surface area is 182 Å². The summed E-state index contributed by atoms with van der Waals surface area (Å²) in [7, 11) is 0. The number of rotatable bonds is 9. The molecule has 7 heteroatoms. The molecule has 1 aromatic heterocycles. The quantitative estimate of drug-likeness (QED) is 0.592. The van der Waals surface area contributed by atoms with E-state index in [1.807, 2.05) is 45.0 Å². The van der Waals surface area contributed by atoms with Crippen molar-refractivity contribution in [2.75, 3.05) is 5.32 Å². The molecule has 1 saturated carbocycles. The molecule has 2 atom stereocenters. The Morgan fingerprint density at radius 2 is 1.87 bits per heavy atom. The summed E-state index contributed by atoms with van der Waals surface area (Å²) in [6, 6.07) is 7.46. The molecule has 2 aromatic rings. The highest BCUT2D eigenvalue weighted by atomic mass is 32.1. The second-order valence-corrected chi connectivity index (χ2v) is 9.37. The number of nitrogens with zero attached hydrogens (tertiary/aromatic N) is 2. The van der Waals surface area contributed by atoms with Crippen molar-refractivity contribution in [1.29, 1.82) is 0 Å². The molecule has 1 heterocycles. The van der Waals surface area contributed by atoms with Gasteiger partial charge in [-0.25, -0.2) is 0 Å². The zero-order valence-electron chi connectivity index (χ0n) is 18.1. The highest BCUT2D eigenvalue weighted by Gasteiger charge is 2.27. The fourth-order valence-electron chi connectivity index (χ4n) is 3.85. The Kier molecular flexibility index (Phi) is 7.96. The van der Waals surface area contributed by atoms with Crippen LogP contribution in [0, 0.1) is 18.8 Å². The van der Waals surface area contributed by atoms with Crippen LogP contribution in [0.15, 0.2) is 24.3 Å². The van der Waals surface area contributed by atoms with Gasteiger partial charge < -0.3 is 5.32 Å². The van der Waals surface area contributed by atoms with Gasteiger partial charge in [-0.05, 0) is 25.2 Å². The van der Waals surface area contributed by atoms with Crippen LogP contribution in [0.4, 0.5) is 5.13 Å². The lowest BCUT2D eigenvalue weighted by Crippen LogP contribution is -2.47. The van der Waals surface area contributed by atoms with Crippen LogP contribution in [-0.2, 0) is 9.59 Å². The molecule has 0 bridgehead atoms. The predicted molar refractivity (Wildman–Crippen MR) is 121 cm³/mol. The zero-order chi connectivity index (χ0) is 21.5. The van der Waals surface area contributed by atoms with Gasteiger partial charge in [-0.3, -0.25) is 14.9 Å². The molecule has 0 aliphatic heterocycles. The summed E-state index contributed by atoms with van der Waals surface area (Å²) in [6.45, 7) is 6.04. The number of aromatic nitrogens is 2. The maximum absolute atomic E-state index is 12.9. The first-order valence-electron chi connectivity index (χ1n) is 11.0. The van der Waals surface area contributed by atoms with Crippen LogP contribution < -0.4 is 10.6 Å². The van der Waals surface area contributed by atoms with Gasteiger partial charge in [0.1, 0.15) is 11.0 Å². The standard InChI is InChI=1S/C23H32N4O2S/c1-4-16(3)20(24-19(28)14-11-17-7-5-6-8-17)21(29)25-23-27-26-22(30-23)18-12-9-15(2)10-13-18/h9-10,12-13,16-17,20H,4-8,11,14H2,1-3H3,(H,24,28)(H,25,27,29)/t16-,20+/m1/s1. The highest BCUT2D eigenvalue weighted by molar-refractivity contribution is 7.18. The number of hydrogen-bond donors (Lipinski definition) is 2. The Hall–Kier alpha value is -2.28. The van der Waals surface area contributed by atoms with Crippen molar-refractivity contribution in [1.82, 2.24) is 15.5 Å². The van der Waals surface area contributed by atoms with Crippen molar-refractivity contribution in [2.24, 2.45) is 11.8 Å². The molecule has 1 aliphatic rings. The van der Waals surface area contributed by atoms with Gasteiger partial charge >= 0.3 is 0 Å². The first-order chi connectivity index (χ1) is 14.5. The number of anilines is 1. The van der Waals surface area contributed by atoms with E-state index in [2.05, 4.69) is 20.8 Å². The van der Waals surface area contributed by atoms with Crippen molar-refractivity contribution in [3.05, 3.63) is 29.8 Å². The first kappa shape index (κ1) is 22.4. The lowest BCUT2D eigenvalue weighted by atomic mass is 9.97. The van der Waals surface area contributed by atoms with E-state index >= 15 is 0 Å². The minimum Gasteiger partial charge on any atom is -0.344 e. The third-order valence-electron chi connectivity index (χ3n) is 6.02. The van der Waals surface area contributed by atoms with E-state index in [0.717, 1.165) is 23.4 Å². The normalized spacial score (nSPS) is 16.2. The number of nitrogens with one attached hydrogen (secondary N) is 2. The van der Waals surface area contributed by atoms with Gasteiger partial charge in [-0.1, -0.05) is 87.1 Å². The van der Waals surface area contributed by atoms with Crippen LogP contribution in [-0.4, -0.2) is 28.1 Å². The largest absolute Gasteiger partial charge is 0.344 e. The molecule has 0 spiro atoms. The number of hydrogen-bond acceptors (Lipinski definition) is 5. The molecular formula is C23H32N4O2S. The number of amides is 2. The van der Waals surface area contributed by atoms with Crippen molar-refractivity contribution in [3.63, 3.8) is 0 Å². The fourth-order valence-corrected chi connectivity index (χ4v) is 4.60. The van der Waals surface area contributed by atoms with Crippen molar-refractivity contribution >= 4 is 28.3 Å². The number of carbonyl (C=O) groups excluding carboxylic acids is 2. The van der Waals surface area contributed by atoms with Gasteiger partial charge in [-0.15, -0.1) is 10.2 Å². The summed E-state index contributed by atoms with van der Waals surface area (Å²) in [5, 5.41) is 15.3. The van der Waals surface area contributed by atoms with Crippen LogP contribution >= 0.6 is 11.3 Å². The summed E-state index contributed by atoms with van der Waals surface area (Å²) in [4.78, 5) is 25.4. The molecule has 3 rings (SSSR count). The minimum absolute atomic E-state index is 0.0323. The first-order valence-corrected chi connectivity index (χ1v) is 11.8. The molecule has 2 amide bonds. The van der Waals surface area contributed by atoms with Gasteiger partial charge in [-0.2, -0.15) is 0 Å². The summed E-state index contributed by atoms with van der Waals surface area (Å²) in [6.07, 6.45) is 7.20. The third kappa shape index (κ3) is 6.11. The SMILES string of the molecule is CC[C@@H](C)[C@H](NC(=O)CCC1CCCC1)C(=O)Nc1nnc(-c2ccc(C)cc2)s1. The molecule has 0 saturated heterocycles. The van der Waals surface area contributed by atoms with Gasteiger partial charge in [0.15, 0.2) is 0 Å². The molecule has 0 radical (unpaired) electrons. The summed E-state index contributed by atoms with van der Waals surface area (Å²) in [5.41, 5.74) is 2.15. The Bertz CT molecular complexity index is 843. The van der Waals surface area contributed by atoms with Crippen molar-refractivity contribution < 1.29 is 9.59 Å². The second-order valence-electron chi connectivity index (χ2n) is 8.39. The van der Waals surface area contributed by atoms with Crippen LogP contribution in [0.1, 0.15) is 64.4 Å². The molecule has 1 fully saturated rings. The molecule has 6 nitrogen and oxygen atoms in total. The number of carbonyl (C=O) groups is 2. The van der Waals surface area contributed by atoms with Crippen LogP contribution in [0.2, 0.25) is 0 Å². The van der Waals surface area contributed by atoms with Gasteiger partial charge in [0.05, 0.1) is 0 Å². The Morgan fingerprint density at radius 1 is 1.17 bits per heavy atom. The van der Waals surface area contributed by atoms with Crippen LogP contribution in [0.3, 0.4) is 0 Å². The Balaban J connectivity index is 1.59. The van der Waals surface area contributed by atoms with E-state index in [0.29, 0.717) is 17.5 Å². The monoisotopic (exact) mass is 428 g/mol. The van der Waals surface area contributed by atoms with Crippen molar-refractivity contribution in [2.45, 2.75) is 71.8 Å². The molecule has 1 aliphatic carbocycles. The van der Waals surface area contributed by atoms with E-state index in [1.54, 1.807) is 0 Å². The predicted octanol–water partition coefficient (Wildman–Crippen LogP) is 4.95. The molecular weight excluding hydrogens is 396 g/mol. The highest BCUT2D eigenvalue weighted by Crippen LogP contribution is 2.29. The Morgan fingerprint density at radius 3 is 2.53 bits per heavy atom. The number of aryl methyl sites for hydroxylation is 1. The second kappa shape index (κ2) is 10.7. The van der Waals surface area contributed by atoms with E-state index in [9.17, 15) is 9.59 Å². The van der Waals surface area contributed by atoms with Gasteiger partial charge in [0.2, 0.25) is 16.9 Å². The summed E-state index contributed by atoms with van der Waals surface area (Å²) in [5.74, 6) is 0.420. The summed E-state index contributed by atoms with van der Waals surface area (Å²) < 4.78 is 0. The van der Waals surface area contributed by atoms with E-state index in [-0.39, 0.29) is 17.7 Å². The van der Waals surface area contributed by atoms with Crippen LogP contribution in [0.5, 0.6) is 0 Å². The van der Waals surface area contributed by atoms with E-state index < -0.39 is 6.04 Å². The van der Waals surface area contributed by atoms with E-state index in [4.69, 9.17) is 0 Å². The maximum atomic E-state index is 12.9. The molecule has 1 aromatic carbocycles. The zero-order valence-corrected chi connectivity index (χ0v) is 18.9. The van der Waals surface area contributed by atoms with E-state index in [1.165, 1.54) is 42.6 Å². The molecule has 162 valence electrons. The molecule has 30 heavy (non-hydrogen) atoms. The van der Waals surface area contributed by atoms with Gasteiger partial charge in [0, 0.05) is 12.0 Å².